The zero-order valence-corrected chi connectivity index (χ0v) is 18.3. The number of rotatable bonds is 8. The molecule has 2 fully saturated rings. The van der Waals surface area contributed by atoms with Crippen molar-refractivity contribution in [3.05, 3.63) is 5.21 Å². The monoisotopic (exact) mass is 461 g/mol. The second-order valence-corrected chi connectivity index (χ2v) is 7.17. The average molecular weight is 461 g/mol. The van der Waals surface area contributed by atoms with E-state index in [4.69, 9.17) is 28.5 Å². The van der Waals surface area contributed by atoms with Gasteiger partial charge >= 0.3 is 23.9 Å². The van der Waals surface area contributed by atoms with Crippen LogP contribution in [0.5, 0.6) is 0 Å². The summed E-state index contributed by atoms with van der Waals surface area (Å²) in [4.78, 5) is 51.8. The van der Waals surface area contributed by atoms with Gasteiger partial charge in [-0.2, -0.15) is 0 Å². The first-order valence-electron chi connectivity index (χ1n) is 9.98. The molecule has 14 heteroatoms. The van der Waals surface area contributed by atoms with Gasteiger partial charge in [-0.25, -0.2) is 0 Å². The molecule has 0 unspecified atom stereocenters. The molecule has 2 rings (SSSR count). The highest BCUT2D eigenvalue weighted by molar-refractivity contribution is 5.68. The molecular formula is C18H27N3O11. The number of hydrogen-bond donors (Lipinski definition) is 0. The van der Waals surface area contributed by atoms with E-state index in [0.29, 0.717) is 13.1 Å². The minimum atomic E-state index is -1.55. The fourth-order valence-corrected chi connectivity index (χ4v) is 3.28. The van der Waals surface area contributed by atoms with Crippen LogP contribution in [0.3, 0.4) is 0 Å². The fraction of sp³-hybridized carbons (Fsp3) is 0.778. The molecule has 2 aliphatic heterocycles. The second-order valence-electron chi connectivity index (χ2n) is 7.17. The number of nitrogens with zero attached hydrogens (tertiary/aromatic N) is 3. The molecular weight excluding hydrogens is 434 g/mol. The Kier molecular flexibility index (Phi) is 8.99. The Bertz CT molecular complexity index is 738. The van der Waals surface area contributed by atoms with Crippen LogP contribution < -0.4 is 0 Å². The van der Waals surface area contributed by atoms with Crippen molar-refractivity contribution in [1.29, 1.82) is 0 Å². The molecule has 5 atom stereocenters. The SMILES string of the molecule is CC(=O)OC[C@H]1O[C@@H](O/N=[N+](\[O-])N2CCCC2)[C@H](OC(C)=O)[C@@H](OC(C)=O)[C@@H]1OC(C)=O. The van der Waals surface area contributed by atoms with Gasteiger partial charge in [-0.05, 0) is 12.8 Å². The summed E-state index contributed by atoms with van der Waals surface area (Å²) >= 11 is 0. The van der Waals surface area contributed by atoms with Gasteiger partial charge in [-0.3, -0.25) is 19.2 Å². The zero-order chi connectivity index (χ0) is 23.8. The van der Waals surface area contributed by atoms with Crippen molar-refractivity contribution in [2.45, 2.75) is 71.2 Å². The highest BCUT2D eigenvalue weighted by atomic mass is 16.8. The number of esters is 4. The molecule has 0 bridgehead atoms. The lowest BCUT2D eigenvalue weighted by Crippen LogP contribution is -2.62. The van der Waals surface area contributed by atoms with Crippen LogP contribution >= 0.6 is 0 Å². The first-order valence-corrected chi connectivity index (χ1v) is 9.98. The van der Waals surface area contributed by atoms with E-state index in [2.05, 4.69) is 5.28 Å². The maximum Gasteiger partial charge on any atom is 0.303 e. The number of hydrazine groups is 1. The van der Waals surface area contributed by atoms with E-state index in [9.17, 15) is 24.4 Å². The van der Waals surface area contributed by atoms with E-state index in [1.807, 2.05) is 0 Å². The predicted molar refractivity (Wildman–Crippen MR) is 99.9 cm³/mol. The van der Waals surface area contributed by atoms with Crippen LogP contribution in [0.1, 0.15) is 40.5 Å². The molecule has 0 spiro atoms. The quantitative estimate of drug-likeness (QED) is 0.156. The van der Waals surface area contributed by atoms with E-state index >= 15 is 0 Å². The highest BCUT2D eigenvalue weighted by Crippen LogP contribution is 2.30. The third-order valence-corrected chi connectivity index (χ3v) is 4.49. The average Bonchev–Trinajstić information content (AvgIpc) is 3.22. The van der Waals surface area contributed by atoms with Crippen molar-refractivity contribution >= 4 is 23.9 Å². The summed E-state index contributed by atoms with van der Waals surface area (Å²) in [6.07, 6.45) is -5.28. The summed E-state index contributed by atoms with van der Waals surface area (Å²) in [7, 11) is 0. The minimum absolute atomic E-state index is 0.237. The van der Waals surface area contributed by atoms with Gasteiger partial charge in [0.1, 0.15) is 12.7 Å². The summed E-state index contributed by atoms with van der Waals surface area (Å²) < 4.78 is 26.3. The summed E-state index contributed by atoms with van der Waals surface area (Å²) in [5.74, 6) is -2.98. The second kappa shape index (κ2) is 11.5. The summed E-state index contributed by atoms with van der Waals surface area (Å²) in [6.45, 7) is 5.00. The van der Waals surface area contributed by atoms with Gasteiger partial charge in [0.05, 0.1) is 18.1 Å². The summed E-state index contributed by atoms with van der Waals surface area (Å²) in [5.41, 5.74) is 0. The standard InChI is InChI=1S/C18H27N3O11/c1-10(22)27-9-14-15(28-11(2)23)16(29-12(3)24)17(30-13(4)25)18(31-14)32-19-21(26)20-7-5-6-8-20/h14-18H,5-9H2,1-4H3/b21-19-/t14-,15-,16+,17-,18+/m1/s1. The lowest BCUT2D eigenvalue weighted by atomic mass is 9.98. The Hall–Kier alpha value is -3.16. The molecule has 32 heavy (non-hydrogen) atoms. The van der Waals surface area contributed by atoms with Gasteiger partial charge in [-0.1, -0.05) is 0 Å². The van der Waals surface area contributed by atoms with Gasteiger partial charge < -0.3 is 33.7 Å². The first kappa shape index (κ1) is 25.1. The molecule has 0 aromatic heterocycles. The number of hydrogen-bond acceptors (Lipinski definition) is 12. The van der Waals surface area contributed by atoms with Crippen molar-refractivity contribution in [2.75, 3.05) is 19.7 Å². The molecule has 14 nitrogen and oxygen atoms in total. The van der Waals surface area contributed by atoms with E-state index < -0.39 is 61.2 Å². The largest absolute Gasteiger partial charge is 0.569 e. The molecule has 0 radical (unpaired) electrons. The minimum Gasteiger partial charge on any atom is -0.569 e. The molecule has 0 aliphatic carbocycles. The van der Waals surface area contributed by atoms with Crippen LogP contribution in [0.15, 0.2) is 5.28 Å². The molecule has 0 aromatic rings. The maximum absolute atomic E-state index is 12.1. The van der Waals surface area contributed by atoms with Crippen molar-refractivity contribution in [3.63, 3.8) is 0 Å². The smallest absolute Gasteiger partial charge is 0.303 e. The molecule has 0 saturated carbocycles. The van der Waals surface area contributed by atoms with Crippen molar-refractivity contribution in [3.8, 4) is 0 Å². The van der Waals surface area contributed by atoms with Gasteiger partial charge in [0, 0.05) is 27.7 Å². The Balaban J connectivity index is 2.35. The molecule has 0 N–H and O–H groups in total. The zero-order valence-electron chi connectivity index (χ0n) is 18.3. The maximum atomic E-state index is 12.1. The highest BCUT2D eigenvalue weighted by Gasteiger charge is 2.54. The van der Waals surface area contributed by atoms with Gasteiger partial charge in [0.25, 0.3) is 6.29 Å². The Morgan fingerprint density at radius 3 is 1.97 bits per heavy atom. The topological polar surface area (TPSA) is 165 Å². The number of carbonyl (C=O) groups is 4. The fourth-order valence-electron chi connectivity index (χ4n) is 3.28. The molecule has 0 amide bonds. The first-order chi connectivity index (χ1) is 15.1. The van der Waals surface area contributed by atoms with Crippen molar-refractivity contribution in [2.24, 2.45) is 5.28 Å². The van der Waals surface area contributed by atoms with Crippen LogP contribution in [0.25, 0.3) is 0 Å². The normalized spacial score (nSPS) is 27.9. The number of ether oxygens (including phenoxy) is 5. The Morgan fingerprint density at radius 1 is 0.906 bits per heavy atom. The molecule has 0 aromatic carbocycles. The molecule has 2 aliphatic rings. The van der Waals surface area contributed by atoms with Crippen molar-refractivity contribution < 1.29 is 52.7 Å². The van der Waals surface area contributed by atoms with Crippen LogP contribution in [-0.2, 0) is 47.7 Å². The Labute approximate surface area is 183 Å². The van der Waals surface area contributed by atoms with Crippen LogP contribution in [0.2, 0.25) is 0 Å². The van der Waals surface area contributed by atoms with E-state index in [0.717, 1.165) is 40.5 Å². The lowest BCUT2D eigenvalue weighted by Gasteiger charge is -2.42. The molecule has 2 saturated heterocycles. The number of carbonyl (C=O) groups excluding carboxylic acids is 4. The molecule has 2 heterocycles. The molecule has 180 valence electrons. The third kappa shape index (κ3) is 7.21. The van der Waals surface area contributed by atoms with Crippen LogP contribution in [0, 0.1) is 5.21 Å². The lowest BCUT2D eigenvalue weighted by molar-refractivity contribution is -0.710. The summed E-state index contributed by atoms with van der Waals surface area (Å²) in [6, 6.07) is 0. The predicted octanol–water partition coefficient (Wildman–Crippen LogP) is -0.0256. The van der Waals surface area contributed by atoms with Crippen LogP contribution in [-0.4, -0.2) is 84.3 Å². The van der Waals surface area contributed by atoms with Crippen LogP contribution in [0.4, 0.5) is 0 Å². The van der Waals surface area contributed by atoms with E-state index in [1.165, 1.54) is 5.01 Å². The van der Waals surface area contributed by atoms with Gasteiger partial charge in [0.15, 0.2) is 12.2 Å². The van der Waals surface area contributed by atoms with E-state index in [1.54, 1.807) is 0 Å². The Morgan fingerprint density at radius 2 is 1.44 bits per heavy atom. The summed E-state index contributed by atoms with van der Waals surface area (Å²) in [5, 5.41) is 17.0. The van der Waals surface area contributed by atoms with E-state index in [-0.39, 0.29) is 4.97 Å². The van der Waals surface area contributed by atoms with Gasteiger partial charge in [-0.15, -0.1) is 5.01 Å². The third-order valence-electron chi connectivity index (χ3n) is 4.49. The van der Waals surface area contributed by atoms with Gasteiger partial charge in [0.2, 0.25) is 11.4 Å². The van der Waals surface area contributed by atoms with Crippen molar-refractivity contribution in [1.82, 2.24) is 5.01 Å².